The third-order valence-electron chi connectivity index (χ3n) is 4.66. The highest BCUT2D eigenvalue weighted by molar-refractivity contribution is 7.89. The third-order valence-corrected chi connectivity index (χ3v) is 6.41. The first-order chi connectivity index (χ1) is 13.4. The molecule has 0 unspecified atom stereocenters. The van der Waals surface area contributed by atoms with Crippen LogP contribution in [-0.4, -0.2) is 49.8 Å². The summed E-state index contributed by atoms with van der Waals surface area (Å²) >= 11 is 0. The molecule has 0 spiro atoms. The molecule has 0 radical (unpaired) electrons. The number of nitrogens with one attached hydrogen (secondary N) is 1. The predicted molar refractivity (Wildman–Crippen MR) is 106 cm³/mol. The Hall–Kier alpha value is -2.68. The summed E-state index contributed by atoms with van der Waals surface area (Å²) in [6.07, 6.45) is 2.36. The monoisotopic (exact) mass is 402 g/mol. The first-order valence-electron chi connectivity index (χ1n) is 8.78. The normalized spacial score (nSPS) is 15.0. The number of sulfonamides is 1. The molecule has 3 rings (SSSR count). The van der Waals surface area contributed by atoms with Gasteiger partial charge in [0.2, 0.25) is 10.0 Å². The molecule has 0 atom stereocenters. The van der Waals surface area contributed by atoms with Gasteiger partial charge in [-0.15, -0.1) is 0 Å². The zero-order chi connectivity index (χ0) is 20.1. The summed E-state index contributed by atoms with van der Waals surface area (Å²) in [7, 11) is -2.14. The van der Waals surface area contributed by atoms with Crippen molar-refractivity contribution in [1.29, 1.82) is 0 Å². The van der Waals surface area contributed by atoms with Gasteiger partial charge in [-0.05, 0) is 29.2 Å². The fraction of sp³-hybridized carbons (Fsp3) is 0.250. The van der Waals surface area contributed by atoms with E-state index >= 15 is 0 Å². The van der Waals surface area contributed by atoms with Gasteiger partial charge in [0.1, 0.15) is 11.5 Å². The van der Waals surface area contributed by atoms with Gasteiger partial charge in [-0.2, -0.15) is 4.31 Å². The van der Waals surface area contributed by atoms with E-state index < -0.39 is 21.7 Å². The molecule has 2 aromatic rings. The minimum absolute atomic E-state index is 0.180. The number of rotatable bonds is 6. The van der Waals surface area contributed by atoms with Gasteiger partial charge in [-0.1, -0.05) is 48.5 Å². The molecule has 1 aliphatic heterocycles. The van der Waals surface area contributed by atoms with Gasteiger partial charge in [0.15, 0.2) is 0 Å². The Bertz CT molecular complexity index is 987. The predicted octanol–water partition coefficient (Wildman–Crippen LogP) is 2.29. The van der Waals surface area contributed by atoms with Crippen LogP contribution in [0.25, 0.3) is 16.7 Å². The van der Waals surface area contributed by atoms with E-state index in [0.29, 0.717) is 6.42 Å². The lowest BCUT2D eigenvalue weighted by Crippen LogP contribution is -2.40. The first kappa shape index (κ1) is 20.1. The number of benzene rings is 2. The van der Waals surface area contributed by atoms with Crippen LogP contribution < -0.4 is 10.2 Å². The van der Waals surface area contributed by atoms with E-state index in [0.717, 1.165) is 28.0 Å². The van der Waals surface area contributed by atoms with Crippen LogP contribution in [0.1, 0.15) is 12.0 Å². The average Bonchev–Trinajstić information content (AvgIpc) is 2.73. The van der Waals surface area contributed by atoms with Crippen molar-refractivity contribution in [2.75, 3.05) is 26.0 Å². The zero-order valence-corrected chi connectivity index (χ0v) is 16.3. The molecule has 1 amide bonds. The molecule has 2 N–H and O–H groups in total. The van der Waals surface area contributed by atoms with Crippen molar-refractivity contribution in [2.45, 2.75) is 6.42 Å². The lowest BCUT2D eigenvalue weighted by Gasteiger charge is -2.26. The Balaban J connectivity index is 1.80. The van der Waals surface area contributed by atoms with Gasteiger partial charge in [-0.3, -0.25) is 10.0 Å². The van der Waals surface area contributed by atoms with Crippen LogP contribution in [-0.2, 0) is 14.8 Å². The lowest BCUT2D eigenvalue weighted by atomic mass is 9.96. The van der Waals surface area contributed by atoms with Crippen molar-refractivity contribution in [3.05, 3.63) is 60.2 Å². The van der Waals surface area contributed by atoms with Crippen LogP contribution in [0.4, 0.5) is 0 Å². The molecule has 8 heteroatoms. The van der Waals surface area contributed by atoms with Gasteiger partial charge in [-0.25, -0.2) is 13.9 Å². The second-order valence-electron chi connectivity index (χ2n) is 6.41. The molecule has 1 heterocycles. The van der Waals surface area contributed by atoms with Gasteiger partial charge >= 0.3 is 0 Å². The Kier molecular flexibility index (Phi) is 6.13. The molecule has 28 heavy (non-hydrogen) atoms. The van der Waals surface area contributed by atoms with Crippen molar-refractivity contribution in [1.82, 2.24) is 9.79 Å². The molecule has 0 aliphatic carbocycles. The fourth-order valence-corrected chi connectivity index (χ4v) is 4.45. The van der Waals surface area contributed by atoms with Crippen LogP contribution >= 0.6 is 0 Å². The van der Waals surface area contributed by atoms with E-state index in [1.165, 1.54) is 9.79 Å². The van der Waals surface area contributed by atoms with Gasteiger partial charge in [0.05, 0.1) is 7.11 Å². The number of carbonyl (C=O) groups is 1. The molecule has 0 saturated heterocycles. The number of ether oxygens (including phenoxy) is 1. The molecule has 148 valence electrons. The minimum atomic E-state index is -3.76. The van der Waals surface area contributed by atoms with E-state index in [-0.39, 0.29) is 13.1 Å². The van der Waals surface area contributed by atoms with Crippen molar-refractivity contribution in [2.24, 2.45) is 0 Å². The number of hydrogen-bond acceptors (Lipinski definition) is 5. The molecule has 0 saturated carbocycles. The molecular formula is C20H22N2O5S. The van der Waals surface area contributed by atoms with Crippen LogP contribution in [0.15, 0.2) is 54.6 Å². The second kappa shape index (κ2) is 8.55. The Morgan fingerprint density at radius 2 is 1.93 bits per heavy atom. The van der Waals surface area contributed by atoms with Crippen molar-refractivity contribution in [3.63, 3.8) is 0 Å². The standard InChI is InChI=1S/C20H22N2O5S/c1-27-19-13-17(7-8-18(19)16-5-3-2-4-6-16)15-9-11-22(12-10-15)28(25,26)14-20(23)21-24/h2-9,13,24H,10-12,14H2,1H3,(H,21,23). The smallest absolute Gasteiger partial charge is 0.259 e. The van der Waals surface area contributed by atoms with Crippen LogP contribution in [0, 0.1) is 0 Å². The third kappa shape index (κ3) is 4.41. The Morgan fingerprint density at radius 3 is 2.54 bits per heavy atom. The summed E-state index contributed by atoms with van der Waals surface area (Å²) in [5, 5.41) is 8.54. The molecule has 0 aromatic heterocycles. The largest absolute Gasteiger partial charge is 0.496 e. The number of carbonyl (C=O) groups excluding carboxylic acids is 1. The summed E-state index contributed by atoms with van der Waals surface area (Å²) in [6, 6.07) is 15.9. The summed E-state index contributed by atoms with van der Waals surface area (Å²) < 4.78 is 31.2. The topological polar surface area (TPSA) is 95.9 Å². The highest BCUT2D eigenvalue weighted by Crippen LogP contribution is 2.34. The average molecular weight is 402 g/mol. The fourth-order valence-electron chi connectivity index (χ4n) is 3.20. The quantitative estimate of drug-likeness (QED) is 0.571. The van der Waals surface area contributed by atoms with Crippen LogP contribution in [0.2, 0.25) is 0 Å². The summed E-state index contributed by atoms with van der Waals surface area (Å²) in [5.41, 5.74) is 5.40. The molecule has 0 fully saturated rings. The SMILES string of the molecule is COc1cc(C2=CCN(S(=O)(=O)CC(=O)NO)CC2)ccc1-c1ccccc1. The maximum atomic E-state index is 12.2. The molecule has 7 nitrogen and oxygen atoms in total. The Labute approximate surface area is 164 Å². The highest BCUT2D eigenvalue weighted by atomic mass is 32.2. The second-order valence-corrected chi connectivity index (χ2v) is 8.38. The summed E-state index contributed by atoms with van der Waals surface area (Å²) in [6.45, 7) is 0.453. The summed E-state index contributed by atoms with van der Waals surface area (Å²) in [4.78, 5) is 11.2. The van der Waals surface area contributed by atoms with Crippen LogP contribution in [0.3, 0.4) is 0 Å². The first-order valence-corrected chi connectivity index (χ1v) is 10.4. The minimum Gasteiger partial charge on any atom is -0.496 e. The molecule has 2 aromatic carbocycles. The number of methoxy groups -OCH3 is 1. The number of hydrogen-bond donors (Lipinski definition) is 2. The lowest BCUT2D eigenvalue weighted by molar-refractivity contribution is -0.126. The molecular weight excluding hydrogens is 380 g/mol. The van der Waals surface area contributed by atoms with Gasteiger partial charge in [0, 0.05) is 18.7 Å². The van der Waals surface area contributed by atoms with E-state index in [2.05, 4.69) is 0 Å². The van der Waals surface area contributed by atoms with E-state index in [1.54, 1.807) is 7.11 Å². The van der Waals surface area contributed by atoms with Crippen molar-refractivity contribution < 1.29 is 23.2 Å². The van der Waals surface area contributed by atoms with Gasteiger partial charge < -0.3 is 4.74 Å². The van der Waals surface area contributed by atoms with E-state index in [4.69, 9.17) is 9.94 Å². The van der Waals surface area contributed by atoms with E-state index in [9.17, 15) is 13.2 Å². The number of hydroxylamine groups is 1. The van der Waals surface area contributed by atoms with E-state index in [1.807, 2.05) is 54.6 Å². The molecule has 1 aliphatic rings. The van der Waals surface area contributed by atoms with Crippen molar-refractivity contribution in [3.8, 4) is 16.9 Å². The Morgan fingerprint density at radius 1 is 1.18 bits per heavy atom. The maximum absolute atomic E-state index is 12.2. The zero-order valence-electron chi connectivity index (χ0n) is 15.5. The highest BCUT2D eigenvalue weighted by Gasteiger charge is 2.27. The number of nitrogens with zero attached hydrogens (tertiary/aromatic N) is 1. The maximum Gasteiger partial charge on any atom is 0.259 e. The summed E-state index contributed by atoms with van der Waals surface area (Å²) in [5.74, 6) is -0.970. The molecule has 0 bridgehead atoms. The van der Waals surface area contributed by atoms with Crippen molar-refractivity contribution >= 4 is 21.5 Å². The van der Waals surface area contributed by atoms with Crippen LogP contribution in [0.5, 0.6) is 5.75 Å². The van der Waals surface area contributed by atoms with Gasteiger partial charge in [0.25, 0.3) is 5.91 Å². The number of amides is 1.